The van der Waals surface area contributed by atoms with Gasteiger partial charge in [-0.2, -0.15) is 0 Å². The predicted molar refractivity (Wildman–Crippen MR) is 146 cm³/mol. The summed E-state index contributed by atoms with van der Waals surface area (Å²) >= 11 is 0. The van der Waals surface area contributed by atoms with Gasteiger partial charge in [-0.1, -0.05) is 30.3 Å². The standard InChI is InChI=1S/C30H33N3O5/c1-2-36-29(34)23-8-10-25(11-9-23)31-30(35)32-26-18-28-27(37-20-38-28)17-24(26)19-33-14-12-22(13-15-33)16-21-6-4-3-5-7-21/h3-11,17-18,22H,2,12-16,19-20H2,1H3,(H2,31,32,35). The SMILES string of the molecule is CCOC(=O)c1ccc(NC(=O)Nc2cc3c(cc2CN2CCC(Cc4ccccc4)CC2)OCO3)cc1. The van der Waals surface area contributed by atoms with Crippen molar-refractivity contribution in [3.8, 4) is 11.5 Å². The fraction of sp³-hybridized carbons (Fsp3) is 0.333. The first-order chi connectivity index (χ1) is 18.6. The van der Waals surface area contributed by atoms with E-state index in [0.29, 0.717) is 47.5 Å². The summed E-state index contributed by atoms with van der Waals surface area (Å²) in [5.74, 6) is 1.60. The van der Waals surface area contributed by atoms with Gasteiger partial charge in [0.1, 0.15) is 0 Å². The van der Waals surface area contributed by atoms with E-state index in [1.54, 1.807) is 31.2 Å². The summed E-state index contributed by atoms with van der Waals surface area (Å²) in [4.78, 5) is 27.2. The average Bonchev–Trinajstić information content (AvgIpc) is 3.38. The van der Waals surface area contributed by atoms with Crippen LogP contribution in [0.3, 0.4) is 0 Å². The van der Waals surface area contributed by atoms with Gasteiger partial charge in [-0.05, 0) is 86.7 Å². The Hall–Kier alpha value is -4.04. The van der Waals surface area contributed by atoms with Crippen LogP contribution in [0.25, 0.3) is 0 Å². The van der Waals surface area contributed by atoms with E-state index in [1.807, 2.05) is 12.1 Å². The lowest BCUT2D eigenvalue weighted by atomic mass is 9.90. The summed E-state index contributed by atoms with van der Waals surface area (Å²) in [5.41, 5.74) is 4.06. The van der Waals surface area contributed by atoms with Crippen LogP contribution in [0.4, 0.5) is 16.2 Å². The lowest BCUT2D eigenvalue weighted by Crippen LogP contribution is -2.34. The second-order valence-corrected chi connectivity index (χ2v) is 9.65. The van der Waals surface area contributed by atoms with Gasteiger partial charge in [0.25, 0.3) is 0 Å². The summed E-state index contributed by atoms with van der Waals surface area (Å²) < 4.78 is 16.2. The summed E-state index contributed by atoms with van der Waals surface area (Å²) in [6.45, 7) is 4.96. The molecule has 3 aromatic rings. The van der Waals surface area contributed by atoms with E-state index in [2.05, 4.69) is 45.9 Å². The van der Waals surface area contributed by atoms with Crippen LogP contribution in [0.2, 0.25) is 0 Å². The lowest BCUT2D eigenvalue weighted by molar-refractivity contribution is 0.0526. The topological polar surface area (TPSA) is 89.1 Å². The van der Waals surface area contributed by atoms with Crippen LogP contribution in [-0.2, 0) is 17.7 Å². The highest BCUT2D eigenvalue weighted by atomic mass is 16.7. The predicted octanol–water partition coefficient (Wildman–Crippen LogP) is 5.69. The van der Waals surface area contributed by atoms with E-state index in [9.17, 15) is 9.59 Å². The number of nitrogens with zero attached hydrogens (tertiary/aromatic N) is 1. The fourth-order valence-corrected chi connectivity index (χ4v) is 4.96. The molecule has 198 valence electrons. The van der Waals surface area contributed by atoms with Crippen molar-refractivity contribution in [2.75, 3.05) is 37.1 Å². The molecule has 0 spiro atoms. The van der Waals surface area contributed by atoms with Gasteiger partial charge in [-0.15, -0.1) is 0 Å². The molecule has 1 fully saturated rings. The van der Waals surface area contributed by atoms with Crippen LogP contribution < -0.4 is 20.1 Å². The van der Waals surface area contributed by atoms with Crippen molar-refractivity contribution in [1.82, 2.24) is 4.90 Å². The van der Waals surface area contributed by atoms with E-state index in [4.69, 9.17) is 14.2 Å². The summed E-state index contributed by atoms with van der Waals surface area (Å²) in [5, 5.41) is 5.80. The highest BCUT2D eigenvalue weighted by Gasteiger charge is 2.23. The smallest absolute Gasteiger partial charge is 0.338 e. The maximum atomic E-state index is 12.9. The van der Waals surface area contributed by atoms with E-state index < -0.39 is 5.97 Å². The number of amides is 2. The van der Waals surface area contributed by atoms with Gasteiger partial charge in [0, 0.05) is 18.3 Å². The minimum Gasteiger partial charge on any atom is -0.462 e. The zero-order chi connectivity index (χ0) is 26.3. The van der Waals surface area contributed by atoms with Crippen molar-refractivity contribution in [3.05, 3.63) is 83.4 Å². The quantitative estimate of drug-likeness (QED) is 0.375. The number of urea groups is 1. The number of rotatable bonds is 8. The number of likely N-dealkylation sites (tertiary alicyclic amines) is 1. The van der Waals surface area contributed by atoms with Crippen molar-refractivity contribution in [2.45, 2.75) is 32.7 Å². The second kappa shape index (κ2) is 12.0. The van der Waals surface area contributed by atoms with Gasteiger partial charge >= 0.3 is 12.0 Å². The molecular formula is C30H33N3O5. The van der Waals surface area contributed by atoms with Gasteiger partial charge < -0.3 is 24.8 Å². The number of piperidine rings is 1. The van der Waals surface area contributed by atoms with E-state index in [1.165, 1.54) is 5.56 Å². The number of hydrogen-bond donors (Lipinski definition) is 2. The van der Waals surface area contributed by atoms with Gasteiger partial charge in [-0.3, -0.25) is 4.90 Å². The molecule has 2 aliphatic rings. The first kappa shape index (κ1) is 25.6. The Balaban J connectivity index is 1.21. The van der Waals surface area contributed by atoms with E-state index >= 15 is 0 Å². The van der Waals surface area contributed by atoms with Crippen molar-refractivity contribution >= 4 is 23.4 Å². The van der Waals surface area contributed by atoms with Gasteiger partial charge in [-0.25, -0.2) is 9.59 Å². The molecule has 0 radical (unpaired) electrons. The molecule has 0 unspecified atom stereocenters. The van der Waals surface area contributed by atoms with Gasteiger partial charge in [0.15, 0.2) is 11.5 Å². The van der Waals surface area contributed by atoms with Crippen LogP contribution in [0, 0.1) is 5.92 Å². The number of benzene rings is 3. The van der Waals surface area contributed by atoms with Crippen LogP contribution >= 0.6 is 0 Å². The molecule has 1 saturated heterocycles. The Labute approximate surface area is 222 Å². The molecule has 2 amide bonds. The molecule has 0 aliphatic carbocycles. The lowest BCUT2D eigenvalue weighted by Gasteiger charge is -2.32. The number of esters is 1. The third-order valence-corrected chi connectivity index (χ3v) is 6.97. The molecular weight excluding hydrogens is 482 g/mol. The third kappa shape index (κ3) is 6.44. The maximum absolute atomic E-state index is 12.9. The summed E-state index contributed by atoms with van der Waals surface area (Å²) in [6.07, 6.45) is 3.40. The molecule has 0 atom stereocenters. The number of fused-ring (bicyclic) bond motifs is 1. The fourth-order valence-electron chi connectivity index (χ4n) is 4.96. The normalized spacial score (nSPS) is 15.2. The highest BCUT2D eigenvalue weighted by Crippen LogP contribution is 2.38. The number of nitrogens with one attached hydrogen (secondary N) is 2. The Morgan fingerprint density at radius 2 is 1.66 bits per heavy atom. The molecule has 3 aromatic carbocycles. The van der Waals surface area contributed by atoms with Gasteiger partial charge in [0.2, 0.25) is 6.79 Å². The van der Waals surface area contributed by atoms with Crippen molar-refractivity contribution < 1.29 is 23.8 Å². The van der Waals surface area contributed by atoms with Crippen LogP contribution in [0.5, 0.6) is 11.5 Å². The molecule has 0 bridgehead atoms. The van der Waals surface area contributed by atoms with Crippen LogP contribution in [0.1, 0.15) is 41.3 Å². The van der Waals surface area contributed by atoms with Crippen molar-refractivity contribution in [3.63, 3.8) is 0 Å². The minimum absolute atomic E-state index is 0.169. The first-order valence-corrected chi connectivity index (χ1v) is 13.1. The zero-order valence-corrected chi connectivity index (χ0v) is 21.6. The highest BCUT2D eigenvalue weighted by molar-refractivity contribution is 6.01. The average molecular weight is 516 g/mol. The molecule has 2 aliphatic heterocycles. The summed E-state index contributed by atoms with van der Waals surface area (Å²) in [7, 11) is 0. The number of anilines is 2. The molecule has 38 heavy (non-hydrogen) atoms. The summed E-state index contributed by atoms with van der Waals surface area (Å²) in [6, 6.07) is 20.7. The molecule has 5 rings (SSSR count). The maximum Gasteiger partial charge on any atom is 0.338 e. The van der Waals surface area contributed by atoms with Gasteiger partial charge in [0.05, 0.1) is 17.9 Å². The number of carbonyl (C=O) groups is 2. The number of hydrogen-bond acceptors (Lipinski definition) is 6. The van der Waals surface area contributed by atoms with Crippen molar-refractivity contribution in [1.29, 1.82) is 0 Å². The van der Waals surface area contributed by atoms with Crippen molar-refractivity contribution in [2.24, 2.45) is 5.92 Å². The minimum atomic E-state index is -0.391. The largest absolute Gasteiger partial charge is 0.462 e. The molecule has 8 nitrogen and oxygen atoms in total. The number of carbonyl (C=O) groups excluding carboxylic acids is 2. The molecule has 0 saturated carbocycles. The Morgan fingerprint density at radius 1 is 0.947 bits per heavy atom. The first-order valence-electron chi connectivity index (χ1n) is 13.1. The number of ether oxygens (including phenoxy) is 3. The molecule has 2 heterocycles. The Morgan fingerprint density at radius 3 is 2.37 bits per heavy atom. The van der Waals surface area contributed by atoms with E-state index in [0.717, 1.165) is 37.9 Å². The molecule has 0 aromatic heterocycles. The Kier molecular flexibility index (Phi) is 8.09. The van der Waals surface area contributed by atoms with Crippen LogP contribution in [0.15, 0.2) is 66.7 Å². The third-order valence-electron chi connectivity index (χ3n) is 6.97. The van der Waals surface area contributed by atoms with E-state index in [-0.39, 0.29) is 12.8 Å². The zero-order valence-electron chi connectivity index (χ0n) is 21.6. The molecule has 2 N–H and O–H groups in total. The second-order valence-electron chi connectivity index (χ2n) is 9.65. The van der Waals surface area contributed by atoms with Crippen LogP contribution in [-0.4, -0.2) is 43.4 Å². The monoisotopic (exact) mass is 515 g/mol. The molecule has 8 heteroatoms. The Bertz CT molecular complexity index is 1250.